The van der Waals surface area contributed by atoms with E-state index in [0.29, 0.717) is 0 Å². The summed E-state index contributed by atoms with van der Waals surface area (Å²) in [7, 11) is 0. The van der Waals surface area contributed by atoms with Crippen LogP contribution in [0.1, 0.15) is 38.1 Å². The molecule has 5 nitrogen and oxygen atoms in total. The number of nitrogens with zero attached hydrogens (tertiary/aromatic N) is 2. The van der Waals surface area contributed by atoms with E-state index in [1.807, 2.05) is 36.4 Å². The molecule has 0 spiro atoms. The third-order valence-electron chi connectivity index (χ3n) is 6.66. The molecule has 0 unspecified atom stereocenters. The maximum Gasteiger partial charge on any atom is 0.138 e. The average Bonchev–Trinajstić information content (AvgIpc) is 3.53. The molecule has 5 heteroatoms. The fourth-order valence-corrected chi connectivity index (χ4v) is 4.75. The third kappa shape index (κ3) is 4.85. The van der Waals surface area contributed by atoms with Crippen LogP contribution in [0.15, 0.2) is 84.9 Å². The van der Waals surface area contributed by atoms with Crippen molar-refractivity contribution in [3.8, 4) is 34.0 Å². The van der Waals surface area contributed by atoms with E-state index >= 15 is 0 Å². The van der Waals surface area contributed by atoms with Gasteiger partial charge in [-0.05, 0) is 90.2 Å². The van der Waals surface area contributed by atoms with Crippen LogP contribution >= 0.6 is 0 Å². The first-order valence-corrected chi connectivity index (χ1v) is 13.0. The standard InChI is InChI=1S/C32H30N4O/c1-3-5-21-7-13-25(14-8-21)37-26-15-9-22(10-16-26)32-35-28-18-12-24(20-30(28)36-32)23-11-17-27-29(19-23)34-31(33-27)6-4-2/h7-20H,3-6H2,1-2H3,(H,33,34)(H,35,36). The van der Waals surface area contributed by atoms with Crippen molar-refractivity contribution >= 4 is 22.1 Å². The minimum absolute atomic E-state index is 0.807. The van der Waals surface area contributed by atoms with Gasteiger partial charge in [0.05, 0.1) is 22.1 Å². The van der Waals surface area contributed by atoms with E-state index in [-0.39, 0.29) is 0 Å². The number of aryl methyl sites for hydroxylation is 2. The summed E-state index contributed by atoms with van der Waals surface area (Å²) < 4.78 is 6.03. The molecule has 6 rings (SSSR count). The molecule has 0 atom stereocenters. The minimum atomic E-state index is 0.807. The summed E-state index contributed by atoms with van der Waals surface area (Å²) in [5.74, 6) is 3.54. The molecule has 0 saturated carbocycles. The molecule has 0 amide bonds. The van der Waals surface area contributed by atoms with Crippen LogP contribution in [0.2, 0.25) is 0 Å². The molecule has 0 aliphatic rings. The van der Waals surface area contributed by atoms with Crippen molar-refractivity contribution in [2.24, 2.45) is 0 Å². The maximum absolute atomic E-state index is 6.03. The summed E-state index contributed by atoms with van der Waals surface area (Å²) in [5, 5.41) is 0. The Hall–Kier alpha value is -4.38. The number of benzene rings is 4. The van der Waals surface area contributed by atoms with Gasteiger partial charge >= 0.3 is 0 Å². The monoisotopic (exact) mass is 486 g/mol. The van der Waals surface area contributed by atoms with Gasteiger partial charge in [-0.15, -0.1) is 0 Å². The number of rotatable bonds is 8. The van der Waals surface area contributed by atoms with Crippen LogP contribution in [0.25, 0.3) is 44.6 Å². The van der Waals surface area contributed by atoms with E-state index in [4.69, 9.17) is 9.72 Å². The summed E-state index contributed by atoms with van der Waals surface area (Å²) in [5.41, 5.74) is 8.69. The van der Waals surface area contributed by atoms with Gasteiger partial charge in [0.2, 0.25) is 0 Å². The summed E-state index contributed by atoms with van der Waals surface area (Å²) >= 11 is 0. The highest BCUT2D eigenvalue weighted by Gasteiger charge is 2.09. The highest BCUT2D eigenvalue weighted by atomic mass is 16.5. The van der Waals surface area contributed by atoms with Crippen molar-refractivity contribution in [2.45, 2.75) is 39.5 Å². The second-order valence-electron chi connectivity index (χ2n) is 9.50. The molecule has 37 heavy (non-hydrogen) atoms. The number of ether oxygens (including phenoxy) is 1. The zero-order valence-corrected chi connectivity index (χ0v) is 21.2. The van der Waals surface area contributed by atoms with Gasteiger partial charge < -0.3 is 14.7 Å². The molecule has 2 aromatic heterocycles. The number of aromatic nitrogens is 4. The summed E-state index contributed by atoms with van der Waals surface area (Å²) in [4.78, 5) is 16.5. The fraction of sp³-hybridized carbons (Fsp3) is 0.188. The second-order valence-corrected chi connectivity index (χ2v) is 9.50. The number of hydrogen-bond donors (Lipinski definition) is 2. The summed E-state index contributed by atoms with van der Waals surface area (Å²) in [6.07, 6.45) is 4.28. The first-order chi connectivity index (χ1) is 18.2. The van der Waals surface area contributed by atoms with Crippen molar-refractivity contribution in [3.63, 3.8) is 0 Å². The Morgan fingerprint density at radius 2 is 1.16 bits per heavy atom. The normalized spacial score (nSPS) is 11.4. The SMILES string of the molecule is CCCc1ccc(Oc2ccc(-c3nc4ccc(-c5ccc6nc(CCC)[nH]c6c5)cc4[nH]3)cc2)cc1. The molecule has 6 aromatic rings. The Kier molecular flexibility index (Phi) is 6.19. The smallest absolute Gasteiger partial charge is 0.138 e. The van der Waals surface area contributed by atoms with Gasteiger partial charge in [0.15, 0.2) is 0 Å². The molecule has 2 heterocycles. The van der Waals surface area contributed by atoms with Crippen LogP contribution in [-0.2, 0) is 12.8 Å². The van der Waals surface area contributed by atoms with Gasteiger partial charge in [-0.25, -0.2) is 9.97 Å². The highest BCUT2D eigenvalue weighted by molar-refractivity contribution is 5.87. The Bertz CT molecular complexity index is 1660. The van der Waals surface area contributed by atoms with Crippen molar-refractivity contribution < 1.29 is 4.74 Å². The topological polar surface area (TPSA) is 66.6 Å². The lowest BCUT2D eigenvalue weighted by Gasteiger charge is -2.07. The zero-order valence-electron chi connectivity index (χ0n) is 21.2. The number of imidazole rings is 2. The Labute approximate surface area is 216 Å². The number of nitrogens with one attached hydrogen (secondary N) is 2. The lowest BCUT2D eigenvalue weighted by atomic mass is 10.0. The maximum atomic E-state index is 6.03. The summed E-state index contributed by atoms with van der Waals surface area (Å²) in [6, 6.07) is 29.1. The van der Waals surface area contributed by atoms with Crippen LogP contribution in [-0.4, -0.2) is 19.9 Å². The predicted molar refractivity (Wildman–Crippen MR) is 151 cm³/mol. The van der Waals surface area contributed by atoms with Crippen LogP contribution in [0.4, 0.5) is 0 Å². The van der Waals surface area contributed by atoms with E-state index in [9.17, 15) is 0 Å². The number of H-pyrrole nitrogens is 2. The molecule has 0 bridgehead atoms. The largest absolute Gasteiger partial charge is 0.457 e. The summed E-state index contributed by atoms with van der Waals surface area (Å²) in [6.45, 7) is 4.36. The molecule has 0 fully saturated rings. The van der Waals surface area contributed by atoms with E-state index in [1.165, 1.54) is 5.56 Å². The zero-order chi connectivity index (χ0) is 25.2. The number of fused-ring (bicyclic) bond motifs is 2. The van der Waals surface area contributed by atoms with Crippen molar-refractivity contribution in [2.75, 3.05) is 0 Å². The van der Waals surface area contributed by atoms with Gasteiger partial charge in [-0.2, -0.15) is 0 Å². The molecule has 0 saturated heterocycles. The fourth-order valence-electron chi connectivity index (χ4n) is 4.75. The Balaban J connectivity index is 1.22. The van der Waals surface area contributed by atoms with Gasteiger partial charge in [-0.1, -0.05) is 44.5 Å². The highest BCUT2D eigenvalue weighted by Crippen LogP contribution is 2.29. The molecule has 184 valence electrons. The first kappa shape index (κ1) is 23.0. The first-order valence-electron chi connectivity index (χ1n) is 13.0. The van der Waals surface area contributed by atoms with Crippen LogP contribution < -0.4 is 4.74 Å². The van der Waals surface area contributed by atoms with E-state index < -0.39 is 0 Å². The lowest BCUT2D eigenvalue weighted by molar-refractivity contribution is 0.482. The van der Waals surface area contributed by atoms with Crippen molar-refractivity contribution in [3.05, 3.63) is 96.3 Å². The van der Waals surface area contributed by atoms with Crippen LogP contribution in [0, 0.1) is 0 Å². The number of aromatic amines is 2. The number of hydrogen-bond acceptors (Lipinski definition) is 3. The van der Waals surface area contributed by atoms with Gasteiger partial charge in [0.1, 0.15) is 23.1 Å². The third-order valence-corrected chi connectivity index (χ3v) is 6.66. The quantitative estimate of drug-likeness (QED) is 0.227. The minimum Gasteiger partial charge on any atom is -0.457 e. The molecule has 4 aromatic carbocycles. The van der Waals surface area contributed by atoms with Crippen LogP contribution in [0.5, 0.6) is 11.5 Å². The van der Waals surface area contributed by atoms with E-state index in [1.54, 1.807) is 0 Å². The van der Waals surface area contributed by atoms with Gasteiger partial charge in [0.25, 0.3) is 0 Å². The second kappa shape index (κ2) is 9.94. The van der Waals surface area contributed by atoms with Gasteiger partial charge in [0, 0.05) is 12.0 Å². The molecular weight excluding hydrogens is 456 g/mol. The van der Waals surface area contributed by atoms with E-state index in [0.717, 1.165) is 87.6 Å². The Morgan fingerprint density at radius 1 is 0.595 bits per heavy atom. The van der Waals surface area contributed by atoms with Crippen molar-refractivity contribution in [1.29, 1.82) is 0 Å². The molecular formula is C32H30N4O. The van der Waals surface area contributed by atoms with E-state index in [2.05, 4.69) is 77.3 Å². The molecule has 0 radical (unpaired) electrons. The van der Waals surface area contributed by atoms with Gasteiger partial charge in [-0.3, -0.25) is 0 Å². The molecule has 0 aliphatic heterocycles. The van der Waals surface area contributed by atoms with Crippen LogP contribution in [0.3, 0.4) is 0 Å². The molecule has 0 aliphatic carbocycles. The average molecular weight is 487 g/mol. The lowest BCUT2D eigenvalue weighted by Crippen LogP contribution is -1.87. The van der Waals surface area contributed by atoms with Crippen molar-refractivity contribution in [1.82, 2.24) is 19.9 Å². The predicted octanol–water partition coefficient (Wildman–Crippen LogP) is 8.47. The Morgan fingerprint density at radius 3 is 1.81 bits per heavy atom. The molecule has 2 N–H and O–H groups in total.